The Bertz CT molecular complexity index is 1130. The summed E-state index contributed by atoms with van der Waals surface area (Å²) in [5.74, 6) is 1.85. The van der Waals surface area contributed by atoms with Crippen LogP contribution < -0.4 is 4.90 Å². The minimum atomic E-state index is 0.724. The normalized spacial score (nSPS) is 14.3. The first-order valence-corrected chi connectivity index (χ1v) is 10.1. The number of imidazole rings is 1. The maximum atomic E-state index is 4.98. The van der Waals surface area contributed by atoms with Crippen LogP contribution in [-0.2, 0) is 6.54 Å². The molecule has 2 aromatic carbocycles. The molecule has 5 rings (SSSR count). The molecule has 0 radical (unpaired) electrons. The Labute approximate surface area is 170 Å². The van der Waals surface area contributed by atoms with Gasteiger partial charge in [0.05, 0.1) is 6.54 Å². The number of hydrogen-bond acceptors (Lipinski definition) is 4. The van der Waals surface area contributed by atoms with Crippen LogP contribution in [0.4, 0.5) is 5.82 Å². The Morgan fingerprint density at radius 3 is 2.31 bits per heavy atom. The highest BCUT2D eigenvalue weighted by Crippen LogP contribution is 2.27. The highest BCUT2D eigenvalue weighted by atomic mass is 15.2. The van der Waals surface area contributed by atoms with E-state index in [0.29, 0.717) is 0 Å². The van der Waals surface area contributed by atoms with E-state index in [0.717, 1.165) is 48.0 Å². The predicted molar refractivity (Wildman–Crippen MR) is 118 cm³/mol. The molecule has 4 aromatic rings. The Balaban J connectivity index is 1.62. The van der Waals surface area contributed by atoms with Crippen molar-refractivity contribution in [2.45, 2.75) is 19.4 Å². The first kappa shape index (κ1) is 17.6. The van der Waals surface area contributed by atoms with Gasteiger partial charge in [0.1, 0.15) is 12.2 Å². The molecule has 0 N–H and O–H groups in total. The van der Waals surface area contributed by atoms with Crippen LogP contribution in [0.5, 0.6) is 0 Å². The van der Waals surface area contributed by atoms with E-state index in [2.05, 4.69) is 68.0 Å². The van der Waals surface area contributed by atoms with E-state index < -0.39 is 0 Å². The third-order valence-electron chi connectivity index (χ3n) is 5.36. The number of aromatic nitrogens is 4. The Morgan fingerprint density at radius 2 is 1.55 bits per heavy atom. The fourth-order valence-corrected chi connectivity index (χ4v) is 3.89. The lowest BCUT2D eigenvalue weighted by Crippen LogP contribution is -2.19. The average Bonchev–Trinajstić information content (AvgIpc) is 3.42. The molecule has 144 valence electrons. The summed E-state index contributed by atoms with van der Waals surface area (Å²) in [4.78, 5) is 16.5. The molecule has 0 bridgehead atoms. The lowest BCUT2D eigenvalue weighted by atomic mass is 10.2. The second kappa shape index (κ2) is 7.87. The van der Waals surface area contributed by atoms with Gasteiger partial charge in [0.25, 0.3) is 0 Å². The maximum absolute atomic E-state index is 4.98. The number of benzene rings is 2. The molecule has 1 fully saturated rings. The van der Waals surface area contributed by atoms with Gasteiger partial charge in [-0.05, 0) is 30.0 Å². The van der Waals surface area contributed by atoms with Gasteiger partial charge in [0.2, 0.25) is 0 Å². The molecular formula is C24H23N5. The zero-order valence-electron chi connectivity index (χ0n) is 16.3. The summed E-state index contributed by atoms with van der Waals surface area (Å²) in [6, 6.07) is 20.8. The second-order valence-electron chi connectivity index (χ2n) is 7.35. The van der Waals surface area contributed by atoms with Crippen molar-refractivity contribution in [3.05, 3.63) is 83.9 Å². The highest BCUT2D eigenvalue weighted by Gasteiger charge is 2.21. The molecule has 3 heterocycles. The van der Waals surface area contributed by atoms with Gasteiger partial charge in [0.15, 0.2) is 17.0 Å². The first-order chi connectivity index (χ1) is 14.4. The quantitative estimate of drug-likeness (QED) is 0.505. The molecule has 0 atom stereocenters. The fourth-order valence-electron chi connectivity index (χ4n) is 3.89. The van der Waals surface area contributed by atoms with Crippen LogP contribution in [0, 0.1) is 0 Å². The summed E-state index contributed by atoms with van der Waals surface area (Å²) < 4.78 is 2.19. The number of fused-ring (bicyclic) bond motifs is 1. The van der Waals surface area contributed by atoms with E-state index in [-0.39, 0.29) is 0 Å². The van der Waals surface area contributed by atoms with E-state index in [9.17, 15) is 0 Å². The largest absolute Gasteiger partial charge is 0.355 e. The zero-order valence-corrected chi connectivity index (χ0v) is 16.3. The minimum Gasteiger partial charge on any atom is -0.355 e. The molecule has 0 amide bonds. The van der Waals surface area contributed by atoms with Crippen molar-refractivity contribution in [2.24, 2.45) is 0 Å². The summed E-state index contributed by atoms with van der Waals surface area (Å²) in [5.41, 5.74) is 4.15. The number of anilines is 1. The summed E-state index contributed by atoms with van der Waals surface area (Å²) in [6.45, 7) is 2.79. The topological polar surface area (TPSA) is 46.8 Å². The number of rotatable bonds is 5. The summed E-state index contributed by atoms with van der Waals surface area (Å²) in [7, 11) is 0. The molecular weight excluding hydrogens is 358 g/mol. The fraction of sp³-hybridized carbons (Fsp3) is 0.208. The van der Waals surface area contributed by atoms with Crippen molar-refractivity contribution < 1.29 is 0 Å². The number of hydrogen-bond donors (Lipinski definition) is 0. The van der Waals surface area contributed by atoms with Crippen LogP contribution in [0.2, 0.25) is 0 Å². The standard InChI is InChI=1S/C24H23N5/c1-3-9-19(10-4-1)13-14-21-27-22-23(28-15-7-8-16-28)25-18-26-24(22)29(21)17-20-11-5-2-6-12-20/h1-6,9-14,18H,7-8,15-17H2/b14-13+. The summed E-state index contributed by atoms with van der Waals surface area (Å²) in [5, 5.41) is 0. The van der Waals surface area contributed by atoms with Gasteiger partial charge in [-0.3, -0.25) is 0 Å². The van der Waals surface area contributed by atoms with Crippen molar-refractivity contribution in [1.29, 1.82) is 0 Å². The molecule has 1 aliphatic rings. The Hall–Kier alpha value is -3.47. The van der Waals surface area contributed by atoms with Crippen molar-refractivity contribution in [2.75, 3.05) is 18.0 Å². The van der Waals surface area contributed by atoms with Gasteiger partial charge < -0.3 is 9.47 Å². The molecule has 2 aromatic heterocycles. The van der Waals surface area contributed by atoms with Gasteiger partial charge in [0, 0.05) is 13.1 Å². The molecule has 5 nitrogen and oxygen atoms in total. The van der Waals surface area contributed by atoms with E-state index in [1.54, 1.807) is 6.33 Å². The van der Waals surface area contributed by atoms with Gasteiger partial charge in [-0.25, -0.2) is 15.0 Å². The van der Waals surface area contributed by atoms with E-state index in [1.165, 1.54) is 18.4 Å². The molecule has 29 heavy (non-hydrogen) atoms. The summed E-state index contributed by atoms with van der Waals surface area (Å²) >= 11 is 0. The number of nitrogens with zero attached hydrogens (tertiary/aromatic N) is 5. The molecule has 5 heteroatoms. The minimum absolute atomic E-state index is 0.724. The van der Waals surface area contributed by atoms with Gasteiger partial charge in [-0.15, -0.1) is 0 Å². The van der Waals surface area contributed by atoms with Gasteiger partial charge >= 0.3 is 0 Å². The van der Waals surface area contributed by atoms with Crippen LogP contribution in [0.25, 0.3) is 23.3 Å². The molecule has 0 aliphatic carbocycles. The van der Waals surface area contributed by atoms with Crippen molar-refractivity contribution in [1.82, 2.24) is 19.5 Å². The molecule has 0 unspecified atom stereocenters. The third-order valence-corrected chi connectivity index (χ3v) is 5.36. The van der Waals surface area contributed by atoms with Crippen LogP contribution >= 0.6 is 0 Å². The van der Waals surface area contributed by atoms with E-state index in [1.807, 2.05) is 24.3 Å². The smallest absolute Gasteiger partial charge is 0.166 e. The van der Waals surface area contributed by atoms with Crippen LogP contribution in [0.3, 0.4) is 0 Å². The molecule has 0 spiro atoms. The van der Waals surface area contributed by atoms with Crippen molar-refractivity contribution in [3.63, 3.8) is 0 Å². The Kier molecular flexibility index (Phi) is 4.78. The summed E-state index contributed by atoms with van der Waals surface area (Å²) in [6.07, 6.45) is 8.26. The van der Waals surface area contributed by atoms with Crippen LogP contribution in [-0.4, -0.2) is 32.6 Å². The van der Waals surface area contributed by atoms with E-state index >= 15 is 0 Å². The predicted octanol–water partition coefficient (Wildman–Crippen LogP) is 4.65. The van der Waals surface area contributed by atoms with Crippen LogP contribution in [0.1, 0.15) is 29.8 Å². The first-order valence-electron chi connectivity index (χ1n) is 10.1. The van der Waals surface area contributed by atoms with Gasteiger partial charge in [-0.1, -0.05) is 66.7 Å². The van der Waals surface area contributed by atoms with E-state index in [4.69, 9.17) is 4.98 Å². The lowest BCUT2D eigenvalue weighted by molar-refractivity contribution is 0.802. The van der Waals surface area contributed by atoms with Crippen LogP contribution in [0.15, 0.2) is 67.0 Å². The monoisotopic (exact) mass is 381 g/mol. The maximum Gasteiger partial charge on any atom is 0.166 e. The van der Waals surface area contributed by atoms with Crippen molar-refractivity contribution in [3.8, 4) is 0 Å². The second-order valence-corrected chi connectivity index (χ2v) is 7.35. The average molecular weight is 381 g/mol. The molecule has 1 aliphatic heterocycles. The molecule has 0 saturated carbocycles. The molecule has 1 saturated heterocycles. The SMILES string of the molecule is C(=C\c1nc2c(N3CCCC3)ncnc2n1Cc1ccccc1)/c1ccccc1. The third kappa shape index (κ3) is 3.63. The van der Waals surface area contributed by atoms with Crippen molar-refractivity contribution >= 4 is 29.1 Å². The highest BCUT2D eigenvalue weighted by molar-refractivity contribution is 5.86. The Morgan fingerprint density at radius 1 is 0.828 bits per heavy atom. The van der Waals surface area contributed by atoms with Gasteiger partial charge in [-0.2, -0.15) is 0 Å². The lowest BCUT2D eigenvalue weighted by Gasteiger charge is -2.15. The zero-order chi connectivity index (χ0) is 19.5.